The minimum Gasteiger partial charge on any atom is -0.508 e. The molecular formula is C10H14N2O3S. The van der Waals surface area contributed by atoms with Crippen LogP contribution in [-0.2, 0) is 10.2 Å². The van der Waals surface area contributed by atoms with Crippen LogP contribution in [0, 0.1) is 0 Å². The maximum Gasteiger partial charge on any atom is 0.301 e. The third kappa shape index (κ3) is 2.45. The van der Waals surface area contributed by atoms with Crippen molar-refractivity contribution in [2.75, 3.05) is 11.4 Å². The fourth-order valence-corrected chi connectivity index (χ4v) is 2.51. The average molecular weight is 242 g/mol. The van der Waals surface area contributed by atoms with Gasteiger partial charge < -0.3 is 5.11 Å². The van der Waals surface area contributed by atoms with E-state index >= 15 is 0 Å². The number of phenols is 1. The molecule has 2 N–H and O–H groups in total. The minimum atomic E-state index is -3.46. The zero-order valence-corrected chi connectivity index (χ0v) is 9.74. The Balaban J connectivity index is 2.16. The standard InChI is InChI=1S/C10H14N2O3S/c1-12(9-4-6-10(13)7-5-9)16(14,15)11-8-2-3-8/h4-8,11,13H,2-3H2,1H3. The number of hydrogen-bond donors (Lipinski definition) is 2. The molecule has 0 bridgehead atoms. The first-order valence-corrected chi connectivity index (χ1v) is 6.48. The van der Waals surface area contributed by atoms with Gasteiger partial charge in [0.15, 0.2) is 0 Å². The normalized spacial score (nSPS) is 16.1. The zero-order valence-electron chi connectivity index (χ0n) is 8.92. The number of rotatable bonds is 4. The predicted molar refractivity (Wildman–Crippen MR) is 61.6 cm³/mol. The lowest BCUT2D eigenvalue weighted by atomic mass is 10.3. The van der Waals surface area contributed by atoms with E-state index in [4.69, 9.17) is 5.11 Å². The van der Waals surface area contributed by atoms with Crippen LogP contribution in [0.25, 0.3) is 0 Å². The maximum absolute atomic E-state index is 11.8. The molecule has 0 aliphatic heterocycles. The topological polar surface area (TPSA) is 69.6 Å². The molecule has 0 saturated heterocycles. The Bertz CT molecular complexity index is 465. The van der Waals surface area contributed by atoms with Crippen molar-refractivity contribution in [3.05, 3.63) is 24.3 Å². The Morgan fingerprint density at radius 2 is 1.88 bits per heavy atom. The van der Waals surface area contributed by atoms with Crippen LogP contribution in [0.5, 0.6) is 5.75 Å². The fraction of sp³-hybridized carbons (Fsp3) is 0.400. The highest BCUT2D eigenvalue weighted by atomic mass is 32.2. The van der Waals surface area contributed by atoms with E-state index in [2.05, 4.69) is 4.72 Å². The molecule has 0 unspecified atom stereocenters. The minimum absolute atomic E-state index is 0.0876. The zero-order chi connectivity index (χ0) is 11.8. The van der Waals surface area contributed by atoms with Crippen LogP contribution >= 0.6 is 0 Å². The van der Waals surface area contributed by atoms with Crippen molar-refractivity contribution >= 4 is 15.9 Å². The van der Waals surface area contributed by atoms with Crippen LogP contribution in [0.2, 0.25) is 0 Å². The Morgan fingerprint density at radius 3 is 2.38 bits per heavy atom. The first kappa shape index (κ1) is 11.2. The molecule has 0 amide bonds. The molecule has 16 heavy (non-hydrogen) atoms. The van der Waals surface area contributed by atoms with Gasteiger partial charge in [-0.1, -0.05) is 0 Å². The number of aromatic hydroxyl groups is 1. The summed E-state index contributed by atoms with van der Waals surface area (Å²) in [5.74, 6) is 0.115. The SMILES string of the molecule is CN(c1ccc(O)cc1)S(=O)(=O)NC1CC1. The lowest BCUT2D eigenvalue weighted by Crippen LogP contribution is -2.39. The Hall–Kier alpha value is -1.27. The summed E-state index contributed by atoms with van der Waals surface area (Å²) in [6, 6.07) is 6.12. The number of hydrogen-bond acceptors (Lipinski definition) is 3. The molecular weight excluding hydrogens is 228 g/mol. The first-order chi connectivity index (χ1) is 7.49. The molecule has 5 nitrogen and oxygen atoms in total. The van der Waals surface area contributed by atoms with Crippen molar-refractivity contribution in [1.29, 1.82) is 0 Å². The molecule has 2 rings (SSSR count). The van der Waals surface area contributed by atoms with Gasteiger partial charge in [0.2, 0.25) is 0 Å². The summed E-state index contributed by atoms with van der Waals surface area (Å²) < 4.78 is 27.4. The summed E-state index contributed by atoms with van der Waals surface area (Å²) in [6.07, 6.45) is 1.81. The number of phenolic OH excluding ortho intramolecular Hbond substituents is 1. The molecule has 88 valence electrons. The van der Waals surface area contributed by atoms with E-state index in [1.165, 1.54) is 23.5 Å². The highest BCUT2D eigenvalue weighted by molar-refractivity contribution is 7.90. The van der Waals surface area contributed by atoms with E-state index in [1.54, 1.807) is 12.1 Å². The van der Waals surface area contributed by atoms with Crippen molar-refractivity contribution in [2.45, 2.75) is 18.9 Å². The highest BCUT2D eigenvalue weighted by Crippen LogP contribution is 2.23. The van der Waals surface area contributed by atoms with Gasteiger partial charge in [-0.2, -0.15) is 13.1 Å². The second-order valence-corrected chi connectivity index (χ2v) is 5.61. The highest BCUT2D eigenvalue weighted by Gasteiger charge is 2.29. The van der Waals surface area contributed by atoms with Crippen LogP contribution in [0.3, 0.4) is 0 Å². The van der Waals surface area contributed by atoms with Gasteiger partial charge in [0.05, 0.1) is 5.69 Å². The molecule has 1 aliphatic rings. The van der Waals surface area contributed by atoms with Gasteiger partial charge in [-0.25, -0.2) is 0 Å². The lowest BCUT2D eigenvalue weighted by Gasteiger charge is -2.19. The van der Waals surface area contributed by atoms with Crippen LogP contribution in [0.15, 0.2) is 24.3 Å². The summed E-state index contributed by atoms with van der Waals surface area (Å²) >= 11 is 0. The van der Waals surface area contributed by atoms with Crippen molar-refractivity contribution in [1.82, 2.24) is 4.72 Å². The van der Waals surface area contributed by atoms with Crippen LogP contribution in [0.1, 0.15) is 12.8 Å². The maximum atomic E-state index is 11.8. The number of anilines is 1. The summed E-state index contributed by atoms with van der Waals surface area (Å²) in [4.78, 5) is 0. The van der Waals surface area contributed by atoms with E-state index in [1.807, 2.05) is 0 Å². The Morgan fingerprint density at radius 1 is 1.31 bits per heavy atom. The number of benzene rings is 1. The van der Waals surface area contributed by atoms with Gasteiger partial charge in [0.1, 0.15) is 5.75 Å². The smallest absolute Gasteiger partial charge is 0.301 e. The second-order valence-electron chi connectivity index (χ2n) is 3.88. The molecule has 1 aromatic carbocycles. The third-order valence-corrected chi connectivity index (χ3v) is 4.03. The summed E-state index contributed by atoms with van der Waals surface area (Å²) in [6.45, 7) is 0. The largest absolute Gasteiger partial charge is 0.508 e. The first-order valence-electron chi connectivity index (χ1n) is 5.04. The van der Waals surface area contributed by atoms with Crippen molar-refractivity contribution in [3.8, 4) is 5.75 Å². The van der Waals surface area contributed by atoms with Gasteiger partial charge in [0.25, 0.3) is 0 Å². The van der Waals surface area contributed by atoms with E-state index in [-0.39, 0.29) is 11.8 Å². The molecule has 1 saturated carbocycles. The molecule has 0 spiro atoms. The number of nitrogens with zero attached hydrogens (tertiary/aromatic N) is 1. The van der Waals surface area contributed by atoms with E-state index < -0.39 is 10.2 Å². The van der Waals surface area contributed by atoms with E-state index in [0.29, 0.717) is 5.69 Å². The van der Waals surface area contributed by atoms with Gasteiger partial charge in [-0.3, -0.25) is 4.31 Å². The predicted octanol–water partition coefficient (Wildman–Crippen LogP) is 0.825. The fourth-order valence-electron chi connectivity index (χ4n) is 1.29. The van der Waals surface area contributed by atoms with Crippen LogP contribution in [0.4, 0.5) is 5.69 Å². The van der Waals surface area contributed by atoms with Crippen molar-refractivity contribution in [3.63, 3.8) is 0 Å². The Kier molecular flexibility index (Phi) is 2.77. The van der Waals surface area contributed by atoms with Crippen molar-refractivity contribution in [2.24, 2.45) is 0 Å². The van der Waals surface area contributed by atoms with E-state index in [0.717, 1.165) is 12.8 Å². The molecule has 6 heteroatoms. The van der Waals surface area contributed by atoms with Crippen molar-refractivity contribution < 1.29 is 13.5 Å². The van der Waals surface area contributed by atoms with Gasteiger partial charge in [-0.05, 0) is 37.1 Å². The van der Waals surface area contributed by atoms with Crippen LogP contribution < -0.4 is 9.03 Å². The molecule has 1 aliphatic carbocycles. The molecule has 0 heterocycles. The number of nitrogens with one attached hydrogen (secondary N) is 1. The van der Waals surface area contributed by atoms with Crippen LogP contribution in [-0.4, -0.2) is 26.6 Å². The summed E-state index contributed by atoms with van der Waals surface area (Å²) in [5, 5.41) is 9.11. The molecule has 0 atom stereocenters. The van der Waals surface area contributed by atoms with E-state index in [9.17, 15) is 8.42 Å². The van der Waals surface area contributed by atoms with Gasteiger partial charge in [-0.15, -0.1) is 0 Å². The second kappa shape index (κ2) is 3.95. The van der Waals surface area contributed by atoms with Gasteiger partial charge in [0, 0.05) is 13.1 Å². The quantitative estimate of drug-likeness (QED) is 0.821. The summed E-state index contributed by atoms with van der Waals surface area (Å²) in [5.41, 5.74) is 0.519. The summed E-state index contributed by atoms with van der Waals surface area (Å²) in [7, 11) is -1.98. The molecule has 0 aromatic heterocycles. The Labute approximate surface area is 94.9 Å². The average Bonchev–Trinajstić information content (AvgIpc) is 3.01. The monoisotopic (exact) mass is 242 g/mol. The lowest BCUT2D eigenvalue weighted by molar-refractivity contribution is 0.475. The van der Waals surface area contributed by atoms with Gasteiger partial charge >= 0.3 is 10.2 Å². The molecule has 1 aromatic rings. The molecule has 0 radical (unpaired) electrons. The third-order valence-electron chi connectivity index (χ3n) is 2.47. The molecule has 1 fully saturated rings.